The standard InChI is InChI=1S/C15H20BrNO/c1-11(18)13-9-12(16)5-6-14(13)17-8-4-7-15(2,3)10-17/h5-6,9H,4,7-8,10H2,1-3H3. The van der Waals surface area contributed by atoms with E-state index in [1.807, 2.05) is 12.1 Å². The Morgan fingerprint density at radius 1 is 1.39 bits per heavy atom. The lowest BCUT2D eigenvalue weighted by Crippen LogP contribution is -2.40. The molecule has 2 rings (SSSR count). The number of benzene rings is 1. The second kappa shape index (κ2) is 5.04. The molecule has 98 valence electrons. The molecule has 0 radical (unpaired) electrons. The molecule has 0 amide bonds. The molecule has 0 saturated carbocycles. The quantitative estimate of drug-likeness (QED) is 0.760. The van der Waals surface area contributed by atoms with Crippen LogP contribution in [0.1, 0.15) is 44.0 Å². The van der Waals surface area contributed by atoms with Crippen LogP contribution in [0, 0.1) is 5.41 Å². The van der Waals surface area contributed by atoms with Gasteiger partial charge in [-0.2, -0.15) is 0 Å². The van der Waals surface area contributed by atoms with Gasteiger partial charge < -0.3 is 4.90 Å². The molecular weight excluding hydrogens is 290 g/mol. The van der Waals surface area contributed by atoms with Gasteiger partial charge in [0.2, 0.25) is 0 Å². The number of carbonyl (C=O) groups excluding carboxylic acids is 1. The lowest BCUT2D eigenvalue weighted by Gasteiger charge is -2.40. The molecule has 0 aliphatic carbocycles. The van der Waals surface area contributed by atoms with Crippen molar-refractivity contribution in [3.63, 3.8) is 0 Å². The van der Waals surface area contributed by atoms with E-state index in [0.717, 1.165) is 28.8 Å². The van der Waals surface area contributed by atoms with Crippen LogP contribution in [0.25, 0.3) is 0 Å². The first-order valence-corrected chi connectivity index (χ1v) is 7.24. The lowest BCUT2D eigenvalue weighted by molar-refractivity contribution is 0.101. The highest BCUT2D eigenvalue weighted by atomic mass is 79.9. The van der Waals surface area contributed by atoms with Crippen LogP contribution >= 0.6 is 15.9 Å². The minimum Gasteiger partial charge on any atom is -0.370 e. The summed E-state index contributed by atoms with van der Waals surface area (Å²) in [5.41, 5.74) is 2.24. The fourth-order valence-electron chi connectivity index (χ4n) is 2.69. The van der Waals surface area contributed by atoms with Gasteiger partial charge in [-0.3, -0.25) is 4.79 Å². The molecule has 1 saturated heterocycles. The van der Waals surface area contributed by atoms with Crippen molar-refractivity contribution in [2.45, 2.75) is 33.6 Å². The van der Waals surface area contributed by atoms with Crippen LogP contribution in [-0.2, 0) is 0 Å². The van der Waals surface area contributed by atoms with E-state index in [9.17, 15) is 4.79 Å². The number of Topliss-reactive ketones (excluding diaryl/α,β-unsaturated/α-hetero) is 1. The zero-order valence-corrected chi connectivity index (χ0v) is 12.9. The van der Waals surface area contributed by atoms with E-state index in [1.165, 1.54) is 12.8 Å². The third-order valence-corrected chi connectivity index (χ3v) is 4.07. The Balaban J connectivity index is 2.35. The minimum absolute atomic E-state index is 0.134. The predicted molar refractivity (Wildman–Crippen MR) is 79.4 cm³/mol. The minimum atomic E-state index is 0.134. The summed E-state index contributed by atoms with van der Waals surface area (Å²) in [6, 6.07) is 6.00. The highest BCUT2D eigenvalue weighted by molar-refractivity contribution is 9.10. The summed E-state index contributed by atoms with van der Waals surface area (Å²) in [7, 11) is 0. The second-order valence-corrected chi connectivity index (χ2v) is 6.82. The van der Waals surface area contributed by atoms with E-state index in [-0.39, 0.29) is 5.78 Å². The molecule has 3 heteroatoms. The molecule has 2 nitrogen and oxygen atoms in total. The molecule has 1 fully saturated rings. The molecule has 1 aromatic rings. The summed E-state index contributed by atoms with van der Waals surface area (Å²) in [5.74, 6) is 0.134. The number of halogens is 1. The van der Waals surface area contributed by atoms with E-state index in [0.29, 0.717) is 5.41 Å². The molecule has 0 bridgehead atoms. The van der Waals surface area contributed by atoms with Gasteiger partial charge in [0, 0.05) is 28.8 Å². The molecule has 0 unspecified atom stereocenters. The van der Waals surface area contributed by atoms with Crippen molar-refractivity contribution >= 4 is 27.4 Å². The summed E-state index contributed by atoms with van der Waals surface area (Å²) in [4.78, 5) is 14.1. The Hall–Kier alpha value is -0.830. The monoisotopic (exact) mass is 309 g/mol. The van der Waals surface area contributed by atoms with E-state index in [2.05, 4.69) is 40.7 Å². The molecule has 0 spiro atoms. The number of piperidine rings is 1. The second-order valence-electron chi connectivity index (χ2n) is 5.91. The van der Waals surface area contributed by atoms with Crippen LogP contribution in [0.15, 0.2) is 22.7 Å². The van der Waals surface area contributed by atoms with Gasteiger partial charge in [0.05, 0.1) is 0 Å². The first-order chi connectivity index (χ1) is 8.39. The summed E-state index contributed by atoms with van der Waals surface area (Å²) in [6.45, 7) is 8.30. The Morgan fingerprint density at radius 2 is 2.11 bits per heavy atom. The van der Waals surface area contributed by atoms with Gasteiger partial charge in [-0.1, -0.05) is 29.8 Å². The molecule has 0 N–H and O–H groups in total. The first-order valence-electron chi connectivity index (χ1n) is 6.44. The highest BCUT2D eigenvalue weighted by Crippen LogP contribution is 2.34. The van der Waals surface area contributed by atoms with Crippen LogP contribution in [0.2, 0.25) is 0 Å². The van der Waals surface area contributed by atoms with Crippen LogP contribution in [0.4, 0.5) is 5.69 Å². The normalized spacial score (nSPS) is 18.8. The number of nitrogens with zero attached hydrogens (tertiary/aromatic N) is 1. The van der Waals surface area contributed by atoms with Gasteiger partial charge in [0.1, 0.15) is 0 Å². The van der Waals surface area contributed by atoms with E-state index in [4.69, 9.17) is 0 Å². The SMILES string of the molecule is CC(=O)c1cc(Br)ccc1N1CCCC(C)(C)C1. The number of carbonyl (C=O) groups is 1. The van der Waals surface area contributed by atoms with Gasteiger partial charge in [0.25, 0.3) is 0 Å². The molecule has 1 aliphatic heterocycles. The first kappa shape index (κ1) is 13.6. The average molecular weight is 310 g/mol. The van der Waals surface area contributed by atoms with Gasteiger partial charge in [-0.15, -0.1) is 0 Å². The Bertz CT molecular complexity index is 468. The van der Waals surface area contributed by atoms with Crippen LogP contribution in [0.5, 0.6) is 0 Å². The summed E-state index contributed by atoms with van der Waals surface area (Å²) < 4.78 is 0.965. The molecule has 1 aliphatic rings. The smallest absolute Gasteiger partial charge is 0.161 e. The number of anilines is 1. The highest BCUT2D eigenvalue weighted by Gasteiger charge is 2.28. The molecule has 1 heterocycles. The Labute approximate surface area is 117 Å². The average Bonchev–Trinajstić information content (AvgIpc) is 2.27. The maximum absolute atomic E-state index is 11.8. The fraction of sp³-hybridized carbons (Fsp3) is 0.533. The lowest BCUT2D eigenvalue weighted by atomic mass is 9.83. The zero-order valence-electron chi connectivity index (χ0n) is 11.3. The molecule has 18 heavy (non-hydrogen) atoms. The van der Waals surface area contributed by atoms with E-state index < -0.39 is 0 Å². The largest absolute Gasteiger partial charge is 0.370 e. The predicted octanol–water partition coefficient (Wildman–Crippen LogP) is 4.28. The van der Waals surface area contributed by atoms with Crippen LogP contribution in [-0.4, -0.2) is 18.9 Å². The van der Waals surface area contributed by atoms with Crippen LogP contribution < -0.4 is 4.90 Å². The van der Waals surface area contributed by atoms with Gasteiger partial charge in [-0.05, 0) is 43.4 Å². The molecular formula is C15H20BrNO. The van der Waals surface area contributed by atoms with E-state index in [1.54, 1.807) is 6.92 Å². The topological polar surface area (TPSA) is 20.3 Å². The number of rotatable bonds is 2. The van der Waals surface area contributed by atoms with Gasteiger partial charge in [0.15, 0.2) is 5.78 Å². The molecule has 1 aromatic carbocycles. The van der Waals surface area contributed by atoms with Crippen molar-refractivity contribution in [2.24, 2.45) is 5.41 Å². The van der Waals surface area contributed by atoms with Crippen LogP contribution in [0.3, 0.4) is 0 Å². The molecule has 0 atom stereocenters. The summed E-state index contributed by atoms with van der Waals surface area (Å²) in [6.07, 6.45) is 2.45. The number of hydrogen-bond donors (Lipinski definition) is 0. The third kappa shape index (κ3) is 2.94. The zero-order chi connectivity index (χ0) is 13.3. The van der Waals surface area contributed by atoms with Crippen molar-refractivity contribution < 1.29 is 4.79 Å². The van der Waals surface area contributed by atoms with Crippen molar-refractivity contribution in [2.75, 3.05) is 18.0 Å². The van der Waals surface area contributed by atoms with E-state index >= 15 is 0 Å². The fourth-order valence-corrected chi connectivity index (χ4v) is 3.06. The summed E-state index contributed by atoms with van der Waals surface area (Å²) in [5, 5.41) is 0. The van der Waals surface area contributed by atoms with Gasteiger partial charge in [-0.25, -0.2) is 0 Å². The summed E-state index contributed by atoms with van der Waals surface area (Å²) >= 11 is 3.44. The van der Waals surface area contributed by atoms with Crippen molar-refractivity contribution in [1.82, 2.24) is 0 Å². The third-order valence-electron chi connectivity index (χ3n) is 3.58. The van der Waals surface area contributed by atoms with Gasteiger partial charge >= 0.3 is 0 Å². The maximum atomic E-state index is 11.8. The Morgan fingerprint density at radius 3 is 2.72 bits per heavy atom. The van der Waals surface area contributed by atoms with Crippen molar-refractivity contribution in [1.29, 1.82) is 0 Å². The van der Waals surface area contributed by atoms with Crippen molar-refractivity contribution in [3.05, 3.63) is 28.2 Å². The Kier molecular flexibility index (Phi) is 3.81. The number of ketones is 1. The van der Waals surface area contributed by atoms with Crippen molar-refractivity contribution in [3.8, 4) is 0 Å². The number of hydrogen-bond acceptors (Lipinski definition) is 2. The maximum Gasteiger partial charge on any atom is 0.161 e. The molecule has 0 aromatic heterocycles.